The largest absolute Gasteiger partial charge is 0.368 e. The molecule has 0 amide bonds. The van der Waals surface area contributed by atoms with Crippen LogP contribution in [0.3, 0.4) is 0 Å². The van der Waals surface area contributed by atoms with Gasteiger partial charge in [0, 0.05) is 13.2 Å². The van der Waals surface area contributed by atoms with Crippen molar-refractivity contribution in [1.82, 2.24) is 39.5 Å². The number of nitrogens with one attached hydrogen (secondary N) is 1. The summed E-state index contributed by atoms with van der Waals surface area (Å²) in [5.74, 6) is 0.702. The first-order valence-electron chi connectivity index (χ1n) is 5.75. The third-order valence-corrected chi connectivity index (χ3v) is 2.52. The van der Waals surface area contributed by atoms with Gasteiger partial charge in [-0.05, 0) is 6.92 Å². The van der Waals surface area contributed by atoms with Gasteiger partial charge in [-0.3, -0.25) is 4.68 Å². The molecule has 20 heavy (non-hydrogen) atoms. The van der Waals surface area contributed by atoms with Gasteiger partial charge in [0.1, 0.15) is 12.7 Å². The average Bonchev–Trinajstić information content (AvgIpc) is 2.99. The molecule has 3 aromatic heterocycles. The summed E-state index contributed by atoms with van der Waals surface area (Å²) in [4.78, 5) is 16.1. The molecule has 3 rings (SSSR count). The molecule has 0 saturated heterocycles. The second kappa shape index (κ2) is 4.57. The van der Waals surface area contributed by atoms with E-state index >= 15 is 0 Å². The summed E-state index contributed by atoms with van der Waals surface area (Å²) < 4.78 is 3.10. The van der Waals surface area contributed by atoms with Crippen molar-refractivity contribution < 1.29 is 0 Å². The summed E-state index contributed by atoms with van der Waals surface area (Å²) >= 11 is 0. The van der Waals surface area contributed by atoms with Gasteiger partial charge in [0.05, 0.1) is 11.4 Å². The third-order valence-electron chi connectivity index (χ3n) is 2.52. The summed E-state index contributed by atoms with van der Waals surface area (Å²) in [6, 6.07) is 0. The molecule has 3 aromatic rings. The Hall–Kier alpha value is -3.04. The summed E-state index contributed by atoms with van der Waals surface area (Å²) in [7, 11) is 1.83. The average molecular weight is 272 g/mol. The summed E-state index contributed by atoms with van der Waals surface area (Å²) in [5, 5.41) is 11.2. The lowest BCUT2D eigenvalue weighted by Gasteiger charge is -2.05. The normalized spacial score (nSPS) is 10.7. The summed E-state index contributed by atoms with van der Waals surface area (Å²) in [6.07, 6.45) is 4.69. The number of nitrogens with zero attached hydrogens (tertiary/aromatic N) is 8. The molecule has 0 aliphatic carbocycles. The lowest BCUT2D eigenvalue weighted by Crippen LogP contribution is -2.09. The Morgan fingerprint density at radius 2 is 2.10 bits per heavy atom. The van der Waals surface area contributed by atoms with Crippen molar-refractivity contribution in [3.63, 3.8) is 0 Å². The van der Waals surface area contributed by atoms with E-state index in [-0.39, 0.29) is 5.95 Å². The van der Waals surface area contributed by atoms with Gasteiger partial charge in [0.15, 0.2) is 0 Å². The van der Waals surface area contributed by atoms with Crippen LogP contribution in [0.5, 0.6) is 0 Å². The Labute approximate surface area is 113 Å². The zero-order valence-corrected chi connectivity index (χ0v) is 10.9. The van der Waals surface area contributed by atoms with Crippen LogP contribution in [0.4, 0.5) is 17.6 Å². The monoisotopic (exact) mass is 272 g/mol. The van der Waals surface area contributed by atoms with Crippen LogP contribution in [0.1, 0.15) is 5.69 Å². The Morgan fingerprint density at radius 3 is 2.75 bits per heavy atom. The van der Waals surface area contributed by atoms with Gasteiger partial charge in [-0.15, -0.1) is 0 Å². The predicted molar refractivity (Wildman–Crippen MR) is 70.4 cm³/mol. The molecule has 0 aliphatic rings. The zero-order chi connectivity index (χ0) is 14.1. The molecule has 10 heteroatoms. The van der Waals surface area contributed by atoms with Gasteiger partial charge >= 0.3 is 0 Å². The van der Waals surface area contributed by atoms with Crippen LogP contribution >= 0.6 is 0 Å². The Morgan fingerprint density at radius 1 is 1.25 bits per heavy atom. The molecule has 0 atom stereocenters. The molecule has 10 nitrogen and oxygen atoms in total. The van der Waals surface area contributed by atoms with Crippen LogP contribution in [0.15, 0.2) is 18.9 Å². The standard InChI is InChI=1S/C10H12N10/c1-6-7(3-19(2)18-6)14-9-15-8(11)16-10(17-9)20-5-12-4-13-20/h3-5H,1-2H3,(H3,11,14,15,16,17). The lowest BCUT2D eigenvalue weighted by molar-refractivity contribution is 0.756. The topological polar surface area (TPSA) is 125 Å². The molecular formula is C10H12N10. The molecule has 0 fully saturated rings. The number of hydrogen-bond donors (Lipinski definition) is 2. The van der Waals surface area contributed by atoms with Crippen molar-refractivity contribution in [3.05, 3.63) is 24.5 Å². The van der Waals surface area contributed by atoms with Crippen molar-refractivity contribution in [2.24, 2.45) is 7.05 Å². The molecule has 0 aliphatic heterocycles. The highest BCUT2D eigenvalue weighted by atomic mass is 15.4. The Balaban J connectivity index is 1.96. The van der Waals surface area contributed by atoms with Crippen LogP contribution in [0.2, 0.25) is 0 Å². The van der Waals surface area contributed by atoms with E-state index in [2.05, 4.69) is 35.5 Å². The quantitative estimate of drug-likeness (QED) is 0.672. The van der Waals surface area contributed by atoms with E-state index in [0.29, 0.717) is 11.9 Å². The zero-order valence-electron chi connectivity index (χ0n) is 10.9. The highest BCUT2D eigenvalue weighted by Crippen LogP contribution is 2.17. The highest BCUT2D eigenvalue weighted by molar-refractivity contribution is 5.55. The number of hydrogen-bond acceptors (Lipinski definition) is 8. The molecule has 0 radical (unpaired) electrons. The Kier molecular flexibility index (Phi) is 2.75. The van der Waals surface area contributed by atoms with E-state index in [4.69, 9.17) is 5.73 Å². The summed E-state index contributed by atoms with van der Waals surface area (Å²) in [6.45, 7) is 1.88. The van der Waals surface area contributed by atoms with Crippen LogP contribution in [0.25, 0.3) is 5.95 Å². The van der Waals surface area contributed by atoms with Gasteiger partial charge in [0.2, 0.25) is 11.9 Å². The van der Waals surface area contributed by atoms with Gasteiger partial charge in [-0.1, -0.05) is 0 Å². The van der Waals surface area contributed by atoms with Gasteiger partial charge < -0.3 is 11.1 Å². The maximum absolute atomic E-state index is 5.68. The Bertz CT molecular complexity index is 729. The number of aryl methyl sites for hydroxylation is 2. The van der Waals surface area contributed by atoms with Crippen molar-refractivity contribution >= 4 is 17.6 Å². The van der Waals surface area contributed by atoms with Gasteiger partial charge in [-0.25, -0.2) is 4.98 Å². The van der Waals surface area contributed by atoms with Crippen molar-refractivity contribution in [2.75, 3.05) is 11.1 Å². The van der Waals surface area contributed by atoms with E-state index in [1.54, 1.807) is 4.68 Å². The molecule has 102 valence electrons. The van der Waals surface area contributed by atoms with Crippen LogP contribution in [-0.4, -0.2) is 39.5 Å². The molecule has 0 bridgehead atoms. The molecule has 0 saturated carbocycles. The number of rotatable bonds is 3. The maximum Gasteiger partial charge on any atom is 0.258 e. The smallest absolute Gasteiger partial charge is 0.258 e. The molecule has 0 aromatic carbocycles. The minimum absolute atomic E-state index is 0.0922. The second-order valence-corrected chi connectivity index (χ2v) is 4.08. The van der Waals surface area contributed by atoms with Gasteiger partial charge in [-0.2, -0.15) is 29.8 Å². The van der Waals surface area contributed by atoms with Crippen molar-refractivity contribution in [2.45, 2.75) is 6.92 Å². The number of anilines is 3. The fourth-order valence-corrected chi connectivity index (χ4v) is 1.69. The second-order valence-electron chi connectivity index (χ2n) is 4.08. The van der Waals surface area contributed by atoms with Crippen molar-refractivity contribution in [1.29, 1.82) is 0 Å². The van der Waals surface area contributed by atoms with E-state index in [9.17, 15) is 0 Å². The highest BCUT2D eigenvalue weighted by Gasteiger charge is 2.09. The van der Waals surface area contributed by atoms with E-state index in [0.717, 1.165) is 11.4 Å². The van der Waals surface area contributed by atoms with Crippen molar-refractivity contribution in [3.8, 4) is 5.95 Å². The lowest BCUT2D eigenvalue weighted by atomic mass is 10.4. The summed E-state index contributed by atoms with van der Waals surface area (Å²) in [5.41, 5.74) is 7.30. The maximum atomic E-state index is 5.68. The third kappa shape index (κ3) is 2.25. The number of nitrogen functional groups attached to an aromatic ring is 1. The number of nitrogens with two attached hydrogens (primary N) is 1. The fraction of sp³-hybridized carbons (Fsp3) is 0.200. The van der Waals surface area contributed by atoms with E-state index in [1.165, 1.54) is 17.3 Å². The van der Waals surface area contributed by atoms with Crippen LogP contribution < -0.4 is 11.1 Å². The molecule has 0 spiro atoms. The first kappa shape index (κ1) is 12.0. The number of aromatic nitrogens is 8. The van der Waals surface area contributed by atoms with Gasteiger partial charge in [0.25, 0.3) is 5.95 Å². The molecule has 3 N–H and O–H groups in total. The fourth-order valence-electron chi connectivity index (χ4n) is 1.69. The van der Waals surface area contributed by atoms with Crippen LogP contribution in [0, 0.1) is 6.92 Å². The predicted octanol–water partition coefficient (Wildman–Crippen LogP) is -0.180. The first-order chi connectivity index (χ1) is 9.61. The molecule has 0 unspecified atom stereocenters. The molecular weight excluding hydrogens is 260 g/mol. The minimum Gasteiger partial charge on any atom is -0.368 e. The SMILES string of the molecule is Cc1nn(C)cc1Nc1nc(N)nc(-n2cncn2)n1. The first-order valence-corrected chi connectivity index (χ1v) is 5.75. The van der Waals surface area contributed by atoms with Crippen LogP contribution in [-0.2, 0) is 7.05 Å². The molecule has 3 heterocycles. The van der Waals surface area contributed by atoms with E-state index in [1.807, 2.05) is 20.2 Å². The van der Waals surface area contributed by atoms with E-state index < -0.39 is 0 Å². The minimum atomic E-state index is 0.0922.